The number of nitrogens with one attached hydrogen (secondary N) is 1. The Bertz CT molecular complexity index is 344. The third-order valence-electron chi connectivity index (χ3n) is 3.28. The van der Waals surface area contributed by atoms with Crippen molar-refractivity contribution < 1.29 is 4.79 Å². The molecule has 1 atom stereocenters. The van der Waals surface area contributed by atoms with Gasteiger partial charge in [0.1, 0.15) is 0 Å². The zero-order chi connectivity index (χ0) is 12.1. The Morgan fingerprint density at radius 3 is 3.12 bits per heavy atom. The highest BCUT2D eigenvalue weighted by molar-refractivity contribution is 7.12. The topological polar surface area (TPSA) is 32.3 Å². The molecule has 2 heterocycles. The second kappa shape index (κ2) is 6.17. The largest absolute Gasteiger partial charge is 0.338 e. The number of amides is 1. The van der Waals surface area contributed by atoms with Crippen LogP contribution in [-0.2, 0) is 0 Å². The molecule has 17 heavy (non-hydrogen) atoms. The van der Waals surface area contributed by atoms with Crippen LogP contribution in [0.4, 0.5) is 0 Å². The van der Waals surface area contributed by atoms with Crippen LogP contribution < -0.4 is 5.32 Å². The average Bonchev–Trinajstić information content (AvgIpc) is 2.90. The third-order valence-corrected chi connectivity index (χ3v) is 4.14. The second-order valence-electron chi connectivity index (χ2n) is 4.53. The van der Waals surface area contributed by atoms with Gasteiger partial charge in [-0.15, -0.1) is 11.3 Å². The van der Waals surface area contributed by atoms with Crippen LogP contribution in [0.1, 0.15) is 29.4 Å². The van der Waals surface area contributed by atoms with Gasteiger partial charge in [-0.25, -0.2) is 0 Å². The minimum atomic E-state index is 0.188. The van der Waals surface area contributed by atoms with Gasteiger partial charge in [0.2, 0.25) is 0 Å². The normalized spacial score (nSPS) is 20.2. The van der Waals surface area contributed by atoms with Crippen LogP contribution in [0, 0.1) is 5.92 Å². The number of hydrogen-bond donors (Lipinski definition) is 1. The van der Waals surface area contributed by atoms with Crippen molar-refractivity contribution in [2.75, 3.05) is 26.2 Å². The molecule has 3 nitrogen and oxygen atoms in total. The lowest BCUT2D eigenvalue weighted by atomic mass is 9.99. The highest BCUT2D eigenvalue weighted by atomic mass is 32.1. The molecule has 1 amide bonds. The zero-order valence-electron chi connectivity index (χ0n) is 10.3. The Labute approximate surface area is 107 Å². The molecule has 1 aromatic rings. The van der Waals surface area contributed by atoms with Gasteiger partial charge >= 0.3 is 0 Å². The Morgan fingerprint density at radius 2 is 2.53 bits per heavy atom. The van der Waals surface area contributed by atoms with Gasteiger partial charge in [-0.05, 0) is 50.2 Å². The average molecular weight is 252 g/mol. The van der Waals surface area contributed by atoms with Gasteiger partial charge in [0, 0.05) is 13.1 Å². The summed E-state index contributed by atoms with van der Waals surface area (Å²) in [4.78, 5) is 15.1. The molecule has 0 saturated carbocycles. The van der Waals surface area contributed by atoms with Gasteiger partial charge in [0.05, 0.1) is 4.88 Å². The molecule has 1 saturated heterocycles. The van der Waals surface area contributed by atoms with Crippen molar-refractivity contribution in [2.24, 2.45) is 5.92 Å². The summed E-state index contributed by atoms with van der Waals surface area (Å²) < 4.78 is 0. The fraction of sp³-hybridized carbons (Fsp3) is 0.615. The number of nitrogens with zero attached hydrogens (tertiary/aromatic N) is 1. The number of rotatable bonds is 4. The van der Waals surface area contributed by atoms with E-state index in [0.29, 0.717) is 5.92 Å². The summed E-state index contributed by atoms with van der Waals surface area (Å²) in [5, 5.41) is 5.36. The van der Waals surface area contributed by atoms with Crippen LogP contribution in [0.5, 0.6) is 0 Å². The van der Waals surface area contributed by atoms with E-state index in [4.69, 9.17) is 0 Å². The smallest absolute Gasteiger partial charge is 0.263 e. The summed E-state index contributed by atoms with van der Waals surface area (Å²) in [5.41, 5.74) is 0. The maximum atomic E-state index is 12.2. The van der Waals surface area contributed by atoms with Crippen LogP contribution in [0.3, 0.4) is 0 Å². The van der Waals surface area contributed by atoms with Crippen molar-refractivity contribution >= 4 is 17.2 Å². The summed E-state index contributed by atoms with van der Waals surface area (Å²) in [5.74, 6) is 0.806. The Morgan fingerprint density at radius 1 is 1.65 bits per heavy atom. The quantitative estimate of drug-likeness (QED) is 0.891. The fourth-order valence-corrected chi connectivity index (χ4v) is 2.99. The van der Waals surface area contributed by atoms with Gasteiger partial charge in [0.25, 0.3) is 5.91 Å². The van der Waals surface area contributed by atoms with E-state index in [2.05, 4.69) is 12.2 Å². The van der Waals surface area contributed by atoms with Crippen LogP contribution in [-0.4, -0.2) is 37.0 Å². The highest BCUT2D eigenvalue weighted by Gasteiger charge is 2.20. The van der Waals surface area contributed by atoms with Crippen LogP contribution in [0.2, 0.25) is 0 Å². The molecule has 1 unspecified atom stereocenters. The maximum absolute atomic E-state index is 12.2. The first kappa shape index (κ1) is 12.6. The van der Waals surface area contributed by atoms with E-state index < -0.39 is 0 Å². The Hall–Kier alpha value is -0.870. The molecular weight excluding hydrogens is 232 g/mol. The number of carbonyl (C=O) groups excluding carboxylic acids is 1. The monoisotopic (exact) mass is 252 g/mol. The number of piperidine rings is 1. The number of hydrogen-bond acceptors (Lipinski definition) is 3. The molecular formula is C13H20N2OS. The molecule has 0 aromatic carbocycles. The SMILES string of the molecule is CCN(CC1CCCNC1)C(=O)c1cccs1. The van der Waals surface area contributed by atoms with Gasteiger partial charge in [-0.2, -0.15) is 0 Å². The van der Waals surface area contributed by atoms with Gasteiger partial charge < -0.3 is 10.2 Å². The van der Waals surface area contributed by atoms with E-state index in [1.807, 2.05) is 22.4 Å². The molecule has 4 heteroatoms. The lowest BCUT2D eigenvalue weighted by Gasteiger charge is -2.29. The molecule has 1 fully saturated rings. The van der Waals surface area contributed by atoms with Crippen LogP contribution >= 0.6 is 11.3 Å². The lowest BCUT2D eigenvalue weighted by Crippen LogP contribution is -2.40. The Balaban J connectivity index is 1.93. The summed E-state index contributed by atoms with van der Waals surface area (Å²) in [6.07, 6.45) is 2.47. The van der Waals surface area contributed by atoms with E-state index >= 15 is 0 Å². The predicted octanol–water partition coefficient (Wildman–Crippen LogP) is 2.21. The fourth-order valence-electron chi connectivity index (χ4n) is 2.30. The van der Waals surface area contributed by atoms with E-state index in [9.17, 15) is 4.79 Å². The van der Waals surface area contributed by atoms with Crippen molar-refractivity contribution in [3.8, 4) is 0 Å². The van der Waals surface area contributed by atoms with Gasteiger partial charge in [-0.3, -0.25) is 4.79 Å². The minimum Gasteiger partial charge on any atom is -0.338 e. The summed E-state index contributed by atoms with van der Waals surface area (Å²) in [6.45, 7) is 5.92. The molecule has 2 rings (SSSR count). The predicted molar refractivity (Wildman–Crippen MR) is 71.5 cm³/mol. The molecule has 94 valence electrons. The van der Waals surface area contributed by atoms with E-state index in [-0.39, 0.29) is 5.91 Å². The molecule has 1 aromatic heterocycles. The molecule has 0 aliphatic carbocycles. The standard InChI is InChI=1S/C13H20N2OS/c1-2-15(10-11-5-3-7-14-9-11)13(16)12-6-4-8-17-12/h4,6,8,11,14H,2-3,5,7,9-10H2,1H3. The first-order chi connectivity index (χ1) is 8.31. The van der Waals surface area contributed by atoms with Crippen molar-refractivity contribution in [1.29, 1.82) is 0 Å². The van der Waals surface area contributed by atoms with Crippen molar-refractivity contribution in [3.05, 3.63) is 22.4 Å². The maximum Gasteiger partial charge on any atom is 0.263 e. The molecule has 0 spiro atoms. The van der Waals surface area contributed by atoms with Gasteiger partial charge in [-0.1, -0.05) is 6.07 Å². The van der Waals surface area contributed by atoms with Crippen molar-refractivity contribution in [3.63, 3.8) is 0 Å². The summed E-state index contributed by atoms with van der Waals surface area (Å²) >= 11 is 1.53. The first-order valence-electron chi connectivity index (χ1n) is 6.34. The first-order valence-corrected chi connectivity index (χ1v) is 7.22. The van der Waals surface area contributed by atoms with Crippen molar-refractivity contribution in [1.82, 2.24) is 10.2 Å². The molecule has 0 bridgehead atoms. The molecule has 1 aliphatic heterocycles. The van der Waals surface area contributed by atoms with E-state index in [1.165, 1.54) is 24.2 Å². The van der Waals surface area contributed by atoms with Gasteiger partial charge in [0.15, 0.2) is 0 Å². The van der Waals surface area contributed by atoms with Crippen LogP contribution in [0.15, 0.2) is 17.5 Å². The van der Waals surface area contributed by atoms with Crippen LogP contribution in [0.25, 0.3) is 0 Å². The van der Waals surface area contributed by atoms with E-state index in [1.54, 1.807) is 0 Å². The second-order valence-corrected chi connectivity index (χ2v) is 5.48. The highest BCUT2D eigenvalue weighted by Crippen LogP contribution is 2.16. The summed E-state index contributed by atoms with van der Waals surface area (Å²) in [6, 6.07) is 3.85. The molecule has 1 N–H and O–H groups in total. The number of carbonyl (C=O) groups is 1. The molecule has 1 aliphatic rings. The Kier molecular flexibility index (Phi) is 4.57. The van der Waals surface area contributed by atoms with Crippen molar-refractivity contribution in [2.45, 2.75) is 19.8 Å². The molecule has 0 radical (unpaired) electrons. The third kappa shape index (κ3) is 3.30. The lowest BCUT2D eigenvalue weighted by molar-refractivity contribution is 0.0734. The number of thiophene rings is 1. The zero-order valence-corrected chi connectivity index (χ0v) is 11.1. The van der Waals surface area contributed by atoms with E-state index in [0.717, 1.165) is 31.1 Å². The summed E-state index contributed by atoms with van der Waals surface area (Å²) in [7, 11) is 0. The minimum absolute atomic E-state index is 0.188.